The molecular formula is C23H28N4O3. The molecule has 158 valence electrons. The highest BCUT2D eigenvalue weighted by Gasteiger charge is 2.26. The second-order valence-corrected chi connectivity index (χ2v) is 7.81. The maximum absolute atomic E-state index is 12.8. The molecule has 3 aromatic rings. The molecule has 4 rings (SSSR count). The third kappa shape index (κ3) is 4.41. The summed E-state index contributed by atoms with van der Waals surface area (Å²) in [5.74, 6) is 2.30. The van der Waals surface area contributed by atoms with Crippen LogP contribution in [0.3, 0.4) is 0 Å². The number of carbonyl (C=O) groups excluding carboxylic acids is 1. The Labute approximate surface area is 176 Å². The fourth-order valence-corrected chi connectivity index (χ4v) is 3.95. The molecule has 1 aliphatic rings. The Morgan fingerprint density at radius 2 is 1.97 bits per heavy atom. The third-order valence-corrected chi connectivity index (χ3v) is 5.68. The van der Waals surface area contributed by atoms with E-state index in [9.17, 15) is 4.79 Å². The minimum absolute atomic E-state index is 0.00798. The first kappa shape index (κ1) is 20.2. The van der Waals surface area contributed by atoms with Crippen molar-refractivity contribution in [2.75, 3.05) is 32.6 Å². The van der Waals surface area contributed by atoms with Crippen molar-refractivity contribution in [2.45, 2.75) is 26.3 Å². The fraction of sp³-hybridized carbons (Fsp3) is 0.391. The number of fused-ring (bicyclic) bond motifs is 1. The number of hydrogen-bond donors (Lipinski definition) is 2. The number of ether oxygens (including phenoxy) is 2. The van der Waals surface area contributed by atoms with Gasteiger partial charge in [0.25, 0.3) is 0 Å². The Balaban J connectivity index is 1.33. The van der Waals surface area contributed by atoms with Crippen LogP contribution in [0.15, 0.2) is 36.4 Å². The molecule has 1 amide bonds. The van der Waals surface area contributed by atoms with E-state index in [1.807, 2.05) is 12.1 Å². The molecule has 2 heterocycles. The number of piperidine rings is 1. The number of anilines is 1. The van der Waals surface area contributed by atoms with Crippen LogP contribution >= 0.6 is 0 Å². The van der Waals surface area contributed by atoms with Crippen LogP contribution in [-0.4, -0.2) is 48.1 Å². The van der Waals surface area contributed by atoms with E-state index in [2.05, 4.69) is 40.3 Å². The summed E-state index contributed by atoms with van der Waals surface area (Å²) in [6.07, 6.45) is 1.65. The van der Waals surface area contributed by atoms with E-state index in [1.165, 1.54) is 5.56 Å². The van der Waals surface area contributed by atoms with E-state index in [1.54, 1.807) is 20.3 Å². The van der Waals surface area contributed by atoms with Gasteiger partial charge in [0.2, 0.25) is 5.91 Å². The van der Waals surface area contributed by atoms with Crippen molar-refractivity contribution >= 4 is 22.6 Å². The van der Waals surface area contributed by atoms with Crippen LogP contribution < -0.4 is 14.8 Å². The van der Waals surface area contributed by atoms with Crippen LogP contribution in [0.1, 0.15) is 24.2 Å². The van der Waals surface area contributed by atoms with Gasteiger partial charge in [-0.2, -0.15) is 0 Å². The number of methoxy groups -OCH3 is 2. The molecular weight excluding hydrogens is 380 g/mol. The number of aryl methyl sites for hydroxylation is 1. The first-order chi connectivity index (χ1) is 14.6. The monoisotopic (exact) mass is 408 g/mol. The van der Waals surface area contributed by atoms with E-state index in [0.717, 1.165) is 49.3 Å². The lowest BCUT2D eigenvalue weighted by atomic mass is 9.95. The predicted octanol–water partition coefficient (Wildman–Crippen LogP) is 3.74. The summed E-state index contributed by atoms with van der Waals surface area (Å²) in [7, 11) is 3.19. The Hall–Kier alpha value is -3.06. The fourth-order valence-electron chi connectivity index (χ4n) is 3.95. The summed E-state index contributed by atoms with van der Waals surface area (Å²) in [4.78, 5) is 23.2. The number of nitrogens with zero attached hydrogens (tertiary/aromatic N) is 2. The second kappa shape index (κ2) is 8.75. The zero-order valence-electron chi connectivity index (χ0n) is 17.7. The molecule has 2 N–H and O–H groups in total. The van der Waals surface area contributed by atoms with Gasteiger partial charge in [-0.3, -0.25) is 9.69 Å². The molecule has 1 aromatic heterocycles. The number of carbonyl (C=O) groups is 1. The largest absolute Gasteiger partial charge is 0.497 e. The molecule has 2 aromatic carbocycles. The molecule has 0 spiro atoms. The van der Waals surface area contributed by atoms with Gasteiger partial charge in [-0.25, -0.2) is 4.98 Å². The standard InChI is InChI=1S/C23H28N4O3/c1-15-4-6-18-20(12-15)25-22(24-18)14-27-10-8-16(9-11-27)23(28)26-19-7-5-17(29-2)13-21(19)30-3/h4-7,12-13,16H,8-11,14H2,1-3H3,(H,24,25)(H,26,28). The average Bonchev–Trinajstić information content (AvgIpc) is 3.15. The zero-order chi connectivity index (χ0) is 21.1. The smallest absolute Gasteiger partial charge is 0.227 e. The van der Waals surface area contributed by atoms with Gasteiger partial charge < -0.3 is 19.8 Å². The third-order valence-electron chi connectivity index (χ3n) is 5.68. The summed E-state index contributed by atoms with van der Waals surface area (Å²) in [5.41, 5.74) is 3.97. The topological polar surface area (TPSA) is 79.5 Å². The number of H-pyrrole nitrogens is 1. The first-order valence-corrected chi connectivity index (χ1v) is 10.3. The van der Waals surface area contributed by atoms with Crippen LogP contribution in [0.25, 0.3) is 11.0 Å². The van der Waals surface area contributed by atoms with E-state index in [0.29, 0.717) is 17.2 Å². The van der Waals surface area contributed by atoms with Crippen LogP contribution in [-0.2, 0) is 11.3 Å². The number of aromatic nitrogens is 2. The molecule has 0 bridgehead atoms. The molecule has 1 aliphatic heterocycles. The number of rotatable bonds is 6. The summed E-state index contributed by atoms with van der Waals surface area (Å²) in [6, 6.07) is 11.6. The molecule has 0 atom stereocenters. The Bertz CT molecular complexity index is 1040. The molecule has 1 saturated heterocycles. The van der Waals surface area contributed by atoms with Gasteiger partial charge in [0.05, 0.1) is 37.5 Å². The normalized spacial score (nSPS) is 15.3. The summed E-state index contributed by atoms with van der Waals surface area (Å²) in [5, 5.41) is 3.01. The van der Waals surface area contributed by atoms with Gasteiger partial charge in [-0.1, -0.05) is 6.07 Å². The highest BCUT2D eigenvalue weighted by molar-refractivity contribution is 5.94. The first-order valence-electron chi connectivity index (χ1n) is 10.3. The Kier molecular flexibility index (Phi) is 5.90. The van der Waals surface area contributed by atoms with Gasteiger partial charge in [0.1, 0.15) is 17.3 Å². The van der Waals surface area contributed by atoms with Crippen LogP contribution in [0.5, 0.6) is 11.5 Å². The van der Waals surface area contributed by atoms with Crippen molar-refractivity contribution in [3.8, 4) is 11.5 Å². The van der Waals surface area contributed by atoms with Crippen LogP contribution in [0.2, 0.25) is 0 Å². The average molecular weight is 409 g/mol. The van der Waals surface area contributed by atoms with E-state index in [-0.39, 0.29) is 11.8 Å². The minimum atomic E-state index is -0.00798. The molecule has 0 radical (unpaired) electrons. The van der Waals surface area contributed by atoms with E-state index >= 15 is 0 Å². The minimum Gasteiger partial charge on any atom is -0.497 e. The van der Waals surface area contributed by atoms with Crippen molar-refractivity contribution in [2.24, 2.45) is 5.92 Å². The number of aromatic amines is 1. The molecule has 0 saturated carbocycles. The summed E-state index contributed by atoms with van der Waals surface area (Å²) >= 11 is 0. The lowest BCUT2D eigenvalue weighted by Crippen LogP contribution is -2.38. The number of nitrogens with one attached hydrogen (secondary N) is 2. The summed E-state index contributed by atoms with van der Waals surface area (Å²) < 4.78 is 10.6. The van der Waals surface area contributed by atoms with Crippen LogP contribution in [0, 0.1) is 12.8 Å². The van der Waals surface area contributed by atoms with E-state index in [4.69, 9.17) is 14.5 Å². The van der Waals surface area contributed by atoms with Gasteiger partial charge in [-0.05, 0) is 62.7 Å². The Morgan fingerprint density at radius 3 is 2.70 bits per heavy atom. The molecule has 0 aliphatic carbocycles. The van der Waals surface area contributed by atoms with Crippen molar-refractivity contribution in [1.82, 2.24) is 14.9 Å². The van der Waals surface area contributed by atoms with Crippen molar-refractivity contribution in [3.63, 3.8) is 0 Å². The quantitative estimate of drug-likeness (QED) is 0.650. The SMILES string of the molecule is COc1ccc(NC(=O)C2CCN(Cc3nc4ccc(C)cc4[nH]3)CC2)c(OC)c1. The zero-order valence-corrected chi connectivity index (χ0v) is 17.7. The van der Waals surface area contributed by atoms with Gasteiger partial charge in [-0.15, -0.1) is 0 Å². The maximum Gasteiger partial charge on any atom is 0.227 e. The predicted molar refractivity (Wildman–Crippen MR) is 117 cm³/mol. The molecule has 1 fully saturated rings. The van der Waals surface area contributed by atoms with Gasteiger partial charge >= 0.3 is 0 Å². The molecule has 30 heavy (non-hydrogen) atoms. The van der Waals surface area contributed by atoms with Crippen molar-refractivity contribution < 1.29 is 14.3 Å². The Morgan fingerprint density at radius 1 is 1.17 bits per heavy atom. The highest BCUT2D eigenvalue weighted by Crippen LogP contribution is 2.30. The lowest BCUT2D eigenvalue weighted by Gasteiger charge is -2.30. The van der Waals surface area contributed by atoms with Crippen LogP contribution in [0.4, 0.5) is 5.69 Å². The molecule has 7 heteroatoms. The molecule has 0 unspecified atom stereocenters. The molecule has 7 nitrogen and oxygen atoms in total. The van der Waals surface area contributed by atoms with Gasteiger partial charge in [0.15, 0.2) is 0 Å². The second-order valence-electron chi connectivity index (χ2n) is 7.81. The number of likely N-dealkylation sites (tertiary alicyclic amines) is 1. The van der Waals surface area contributed by atoms with E-state index < -0.39 is 0 Å². The lowest BCUT2D eigenvalue weighted by molar-refractivity contribution is -0.121. The number of amides is 1. The maximum atomic E-state index is 12.8. The van der Waals surface area contributed by atoms with Crippen molar-refractivity contribution in [1.29, 1.82) is 0 Å². The number of imidazole rings is 1. The number of hydrogen-bond acceptors (Lipinski definition) is 5. The highest BCUT2D eigenvalue weighted by atomic mass is 16.5. The van der Waals surface area contributed by atoms with Crippen molar-refractivity contribution in [3.05, 3.63) is 47.8 Å². The van der Waals surface area contributed by atoms with Gasteiger partial charge in [0, 0.05) is 12.0 Å². The number of benzene rings is 2. The summed E-state index contributed by atoms with van der Waals surface area (Å²) in [6.45, 7) is 4.59.